The van der Waals surface area contributed by atoms with E-state index in [2.05, 4.69) is 60.0 Å². The number of carbonyl (C=O) groups is 1. The molecule has 6 heteroatoms. The molecule has 6 nitrogen and oxygen atoms in total. The second-order valence-corrected chi connectivity index (χ2v) is 9.31. The van der Waals surface area contributed by atoms with Crippen molar-refractivity contribution >= 4 is 5.91 Å². The fourth-order valence-corrected chi connectivity index (χ4v) is 4.31. The molecule has 0 unspecified atom stereocenters. The SMILES string of the molecule is COc1cccc(COc2cc(OCc3cccc(-c4ccccc4)c3C)ccc2CNCCNC(C)=O)c1. The minimum atomic E-state index is -0.0369. The zero-order chi connectivity index (χ0) is 27.5. The predicted molar refractivity (Wildman–Crippen MR) is 155 cm³/mol. The third kappa shape index (κ3) is 8.09. The Morgan fingerprint density at radius 3 is 2.38 bits per heavy atom. The maximum absolute atomic E-state index is 11.1. The molecule has 0 fully saturated rings. The van der Waals surface area contributed by atoms with Crippen LogP contribution in [0.5, 0.6) is 17.2 Å². The molecular formula is C33H36N2O4. The molecule has 4 aromatic carbocycles. The van der Waals surface area contributed by atoms with Gasteiger partial charge in [-0.15, -0.1) is 0 Å². The quantitative estimate of drug-likeness (QED) is 0.208. The topological polar surface area (TPSA) is 68.8 Å². The normalized spacial score (nSPS) is 10.6. The number of benzene rings is 4. The molecule has 0 aromatic heterocycles. The molecule has 0 aliphatic carbocycles. The Morgan fingerprint density at radius 1 is 0.769 bits per heavy atom. The first kappa shape index (κ1) is 27.7. The van der Waals surface area contributed by atoms with Gasteiger partial charge >= 0.3 is 0 Å². The number of nitrogens with one attached hydrogen (secondary N) is 2. The van der Waals surface area contributed by atoms with Crippen LogP contribution in [0.3, 0.4) is 0 Å². The highest BCUT2D eigenvalue weighted by Gasteiger charge is 2.10. The average molecular weight is 525 g/mol. The van der Waals surface area contributed by atoms with Crippen LogP contribution in [0.2, 0.25) is 0 Å². The largest absolute Gasteiger partial charge is 0.497 e. The molecular weight excluding hydrogens is 488 g/mol. The van der Waals surface area contributed by atoms with E-state index in [1.807, 2.05) is 48.5 Å². The first-order valence-electron chi connectivity index (χ1n) is 13.1. The Bertz CT molecular complexity index is 1370. The van der Waals surface area contributed by atoms with Gasteiger partial charge in [0.05, 0.1) is 7.11 Å². The van der Waals surface area contributed by atoms with Crippen molar-refractivity contribution in [3.8, 4) is 28.4 Å². The zero-order valence-electron chi connectivity index (χ0n) is 22.8. The van der Waals surface area contributed by atoms with Crippen LogP contribution in [0.25, 0.3) is 11.1 Å². The molecule has 0 bridgehead atoms. The Labute approximate surface area is 230 Å². The number of rotatable bonds is 13. The van der Waals surface area contributed by atoms with Gasteiger partial charge in [0.25, 0.3) is 0 Å². The van der Waals surface area contributed by atoms with Gasteiger partial charge in [-0.2, -0.15) is 0 Å². The van der Waals surface area contributed by atoms with Crippen LogP contribution in [0.15, 0.2) is 91.0 Å². The molecule has 0 atom stereocenters. The van der Waals surface area contributed by atoms with E-state index in [4.69, 9.17) is 14.2 Å². The molecule has 39 heavy (non-hydrogen) atoms. The third-order valence-electron chi connectivity index (χ3n) is 6.48. The molecule has 4 rings (SSSR count). The Morgan fingerprint density at radius 2 is 1.59 bits per heavy atom. The van der Waals surface area contributed by atoms with Gasteiger partial charge in [-0.05, 0) is 52.9 Å². The van der Waals surface area contributed by atoms with Gasteiger partial charge < -0.3 is 24.8 Å². The van der Waals surface area contributed by atoms with Crippen LogP contribution in [0.4, 0.5) is 0 Å². The molecule has 0 spiro atoms. The van der Waals surface area contributed by atoms with Gasteiger partial charge in [0.2, 0.25) is 5.91 Å². The maximum Gasteiger partial charge on any atom is 0.216 e. The smallest absolute Gasteiger partial charge is 0.216 e. The summed E-state index contributed by atoms with van der Waals surface area (Å²) in [7, 11) is 1.66. The highest BCUT2D eigenvalue weighted by molar-refractivity contribution is 5.72. The molecule has 0 saturated heterocycles. The lowest BCUT2D eigenvalue weighted by atomic mass is 9.97. The minimum absolute atomic E-state index is 0.0369. The van der Waals surface area contributed by atoms with Crippen LogP contribution in [0, 0.1) is 6.92 Å². The second kappa shape index (κ2) is 14.0. The molecule has 4 aromatic rings. The van der Waals surface area contributed by atoms with E-state index in [1.54, 1.807) is 7.11 Å². The molecule has 0 saturated carbocycles. The number of methoxy groups -OCH3 is 1. The number of amides is 1. The number of hydrogen-bond donors (Lipinski definition) is 2. The van der Waals surface area contributed by atoms with Crippen molar-refractivity contribution in [2.45, 2.75) is 33.6 Å². The second-order valence-electron chi connectivity index (χ2n) is 9.31. The number of carbonyl (C=O) groups excluding carboxylic acids is 1. The summed E-state index contributed by atoms with van der Waals surface area (Å²) in [5, 5.41) is 6.16. The van der Waals surface area contributed by atoms with E-state index in [0.717, 1.165) is 33.9 Å². The maximum atomic E-state index is 11.1. The monoisotopic (exact) mass is 524 g/mol. The minimum Gasteiger partial charge on any atom is -0.497 e. The van der Waals surface area contributed by atoms with Crippen molar-refractivity contribution in [2.75, 3.05) is 20.2 Å². The first-order valence-corrected chi connectivity index (χ1v) is 13.1. The van der Waals surface area contributed by atoms with Gasteiger partial charge in [0.1, 0.15) is 30.5 Å². The molecule has 0 heterocycles. The lowest BCUT2D eigenvalue weighted by molar-refractivity contribution is -0.118. The predicted octanol–water partition coefficient (Wildman–Crippen LogP) is 6.05. The standard InChI is InChI=1S/C33H36N2O4/c1-24-29(12-8-14-32(24)27-10-5-4-6-11-27)23-38-31-16-15-28(21-34-17-18-35-25(2)36)33(20-31)39-22-26-9-7-13-30(19-26)37-3/h4-16,19-20,34H,17-18,21-23H2,1-3H3,(H,35,36). The number of ether oxygens (including phenoxy) is 3. The van der Waals surface area contributed by atoms with Crippen molar-refractivity contribution < 1.29 is 19.0 Å². The van der Waals surface area contributed by atoms with Crippen molar-refractivity contribution in [3.63, 3.8) is 0 Å². The third-order valence-corrected chi connectivity index (χ3v) is 6.48. The van der Waals surface area contributed by atoms with Crippen LogP contribution >= 0.6 is 0 Å². The summed E-state index contributed by atoms with van der Waals surface area (Å²) < 4.78 is 17.9. The highest BCUT2D eigenvalue weighted by atomic mass is 16.5. The summed E-state index contributed by atoms with van der Waals surface area (Å²) in [5.74, 6) is 2.24. The van der Waals surface area contributed by atoms with Gasteiger partial charge in [0.15, 0.2) is 0 Å². The summed E-state index contributed by atoms with van der Waals surface area (Å²) in [6, 6.07) is 30.5. The van der Waals surface area contributed by atoms with Crippen molar-refractivity contribution in [3.05, 3.63) is 113 Å². The van der Waals surface area contributed by atoms with Crippen molar-refractivity contribution in [1.29, 1.82) is 0 Å². The van der Waals surface area contributed by atoms with Crippen LogP contribution in [-0.4, -0.2) is 26.1 Å². The fraction of sp³-hybridized carbons (Fsp3) is 0.242. The zero-order valence-corrected chi connectivity index (χ0v) is 22.8. The van der Waals surface area contributed by atoms with E-state index in [0.29, 0.717) is 32.8 Å². The van der Waals surface area contributed by atoms with Gasteiger partial charge in [-0.3, -0.25) is 4.79 Å². The van der Waals surface area contributed by atoms with Crippen LogP contribution < -0.4 is 24.8 Å². The average Bonchev–Trinajstić information content (AvgIpc) is 2.96. The molecule has 2 N–H and O–H groups in total. The van der Waals surface area contributed by atoms with E-state index in [9.17, 15) is 4.79 Å². The van der Waals surface area contributed by atoms with Crippen LogP contribution in [0.1, 0.15) is 29.2 Å². The van der Waals surface area contributed by atoms with E-state index < -0.39 is 0 Å². The Kier molecular flexibility index (Phi) is 9.98. The summed E-state index contributed by atoms with van der Waals surface area (Å²) in [6.45, 7) is 6.34. The lowest BCUT2D eigenvalue weighted by Crippen LogP contribution is -2.30. The Hall–Kier alpha value is -4.29. The summed E-state index contributed by atoms with van der Waals surface area (Å²) in [5.41, 5.74) is 6.77. The van der Waals surface area contributed by atoms with Gasteiger partial charge in [-0.25, -0.2) is 0 Å². The van der Waals surface area contributed by atoms with E-state index >= 15 is 0 Å². The number of hydrogen-bond acceptors (Lipinski definition) is 5. The van der Waals surface area contributed by atoms with E-state index in [-0.39, 0.29) is 5.91 Å². The summed E-state index contributed by atoms with van der Waals surface area (Å²) >= 11 is 0. The molecule has 0 radical (unpaired) electrons. The molecule has 0 aliphatic heterocycles. The highest BCUT2D eigenvalue weighted by Crippen LogP contribution is 2.29. The summed E-state index contributed by atoms with van der Waals surface area (Å²) in [6.07, 6.45) is 0. The molecule has 1 amide bonds. The van der Waals surface area contributed by atoms with E-state index in [1.165, 1.54) is 23.6 Å². The van der Waals surface area contributed by atoms with Gasteiger partial charge in [-0.1, -0.05) is 66.7 Å². The molecule has 202 valence electrons. The first-order chi connectivity index (χ1) is 19.0. The van der Waals surface area contributed by atoms with Crippen LogP contribution in [-0.2, 0) is 24.6 Å². The van der Waals surface area contributed by atoms with Gasteiger partial charge in [0, 0.05) is 38.2 Å². The lowest BCUT2D eigenvalue weighted by Gasteiger charge is -2.16. The summed E-state index contributed by atoms with van der Waals surface area (Å²) in [4.78, 5) is 11.1. The fourth-order valence-electron chi connectivity index (χ4n) is 4.31. The molecule has 0 aliphatic rings. The van der Waals surface area contributed by atoms with Crippen molar-refractivity contribution in [1.82, 2.24) is 10.6 Å². The van der Waals surface area contributed by atoms with Crippen molar-refractivity contribution in [2.24, 2.45) is 0 Å². The Balaban J connectivity index is 1.47.